The SMILES string of the molecule is Cc1cc(N2C(=S)N[C@H](c3ccccn3)[C@H]2c2cc(C)n(-c3ccccc3Br)c2C)ccc1NC(=O)C(C)C. The molecule has 1 aliphatic rings. The minimum atomic E-state index is -0.146. The Labute approximate surface area is 243 Å². The van der Waals surface area contributed by atoms with Crippen molar-refractivity contribution < 1.29 is 4.79 Å². The van der Waals surface area contributed by atoms with Crippen LogP contribution >= 0.6 is 28.1 Å². The number of nitrogens with one attached hydrogen (secondary N) is 2. The van der Waals surface area contributed by atoms with Gasteiger partial charge in [0, 0.05) is 39.4 Å². The van der Waals surface area contributed by atoms with Crippen LogP contribution < -0.4 is 15.5 Å². The average Bonchev–Trinajstić information content (AvgIpc) is 3.41. The summed E-state index contributed by atoms with van der Waals surface area (Å²) in [6.45, 7) is 10.1. The van der Waals surface area contributed by atoms with Gasteiger partial charge < -0.3 is 20.1 Å². The Bertz CT molecular complexity index is 1550. The molecule has 0 aliphatic carbocycles. The van der Waals surface area contributed by atoms with Gasteiger partial charge in [-0.1, -0.05) is 32.0 Å². The zero-order chi connectivity index (χ0) is 27.8. The minimum Gasteiger partial charge on any atom is -0.351 e. The highest BCUT2D eigenvalue weighted by molar-refractivity contribution is 9.10. The number of para-hydroxylation sites is 1. The first-order valence-corrected chi connectivity index (χ1v) is 14.2. The van der Waals surface area contributed by atoms with Crippen LogP contribution in [0.15, 0.2) is 77.4 Å². The molecule has 1 saturated heterocycles. The fourth-order valence-corrected chi connectivity index (χ4v) is 6.06. The molecule has 2 aromatic carbocycles. The fourth-order valence-electron chi connectivity index (χ4n) is 5.25. The number of halogens is 1. The summed E-state index contributed by atoms with van der Waals surface area (Å²) in [7, 11) is 0. The molecule has 3 heterocycles. The van der Waals surface area contributed by atoms with E-state index in [2.05, 4.69) is 80.2 Å². The van der Waals surface area contributed by atoms with Crippen LogP contribution in [0.4, 0.5) is 11.4 Å². The molecule has 200 valence electrons. The summed E-state index contributed by atoms with van der Waals surface area (Å²) in [6, 6.07) is 22.3. The number of amides is 1. The maximum absolute atomic E-state index is 12.3. The second kappa shape index (κ2) is 10.9. The maximum Gasteiger partial charge on any atom is 0.226 e. The molecular weight excluding hydrogens is 570 g/mol. The van der Waals surface area contributed by atoms with E-state index in [9.17, 15) is 4.79 Å². The van der Waals surface area contributed by atoms with Crippen molar-refractivity contribution >= 4 is 50.5 Å². The molecule has 2 aromatic heterocycles. The largest absolute Gasteiger partial charge is 0.351 e. The number of benzene rings is 2. The molecular formula is C31H32BrN5OS. The monoisotopic (exact) mass is 601 g/mol. The Morgan fingerprint density at radius 3 is 2.46 bits per heavy atom. The summed E-state index contributed by atoms with van der Waals surface area (Å²) in [5, 5.41) is 7.24. The molecule has 0 radical (unpaired) electrons. The van der Waals surface area contributed by atoms with Gasteiger partial charge in [0.2, 0.25) is 5.91 Å². The molecule has 2 atom stereocenters. The molecule has 8 heteroatoms. The Hall–Kier alpha value is -3.49. The number of carbonyl (C=O) groups excluding carboxylic acids is 1. The first kappa shape index (κ1) is 27.1. The zero-order valence-corrected chi connectivity index (χ0v) is 25.1. The van der Waals surface area contributed by atoms with Crippen molar-refractivity contribution in [3.05, 3.63) is 106 Å². The van der Waals surface area contributed by atoms with Crippen molar-refractivity contribution in [3.63, 3.8) is 0 Å². The van der Waals surface area contributed by atoms with E-state index in [1.165, 1.54) is 5.56 Å². The van der Waals surface area contributed by atoms with Gasteiger partial charge in [-0.3, -0.25) is 9.78 Å². The average molecular weight is 603 g/mol. The number of hydrogen-bond donors (Lipinski definition) is 2. The molecule has 4 aromatic rings. The molecule has 6 nitrogen and oxygen atoms in total. The third kappa shape index (κ3) is 5.11. The normalized spacial score (nSPS) is 17.0. The maximum atomic E-state index is 12.3. The van der Waals surface area contributed by atoms with Crippen molar-refractivity contribution in [3.8, 4) is 5.69 Å². The number of nitrogens with zero attached hydrogens (tertiary/aromatic N) is 3. The summed E-state index contributed by atoms with van der Waals surface area (Å²) in [6.07, 6.45) is 1.82. The molecule has 0 saturated carbocycles. The van der Waals surface area contributed by atoms with Crippen LogP contribution in [0.25, 0.3) is 5.69 Å². The highest BCUT2D eigenvalue weighted by Crippen LogP contribution is 2.44. The predicted molar refractivity (Wildman–Crippen MR) is 166 cm³/mol. The quantitative estimate of drug-likeness (QED) is 0.226. The van der Waals surface area contributed by atoms with Crippen molar-refractivity contribution in [1.29, 1.82) is 0 Å². The van der Waals surface area contributed by atoms with Gasteiger partial charge in [-0.2, -0.15) is 0 Å². The van der Waals surface area contributed by atoms with Gasteiger partial charge in [-0.15, -0.1) is 0 Å². The van der Waals surface area contributed by atoms with E-state index in [4.69, 9.17) is 17.2 Å². The third-order valence-electron chi connectivity index (χ3n) is 7.25. The molecule has 2 N–H and O–H groups in total. The van der Waals surface area contributed by atoms with Gasteiger partial charge in [-0.25, -0.2) is 0 Å². The Balaban J connectivity index is 1.63. The summed E-state index contributed by atoms with van der Waals surface area (Å²) < 4.78 is 3.32. The summed E-state index contributed by atoms with van der Waals surface area (Å²) in [5.74, 6) is -0.0975. The number of aromatic nitrogens is 2. The van der Waals surface area contributed by atoms with Crippen LogP contribution in [0.5, 0.6) is 0 Å². The molecule has 39 heavy (non-hydrogen) atoms. The lowest BCUT2D eigenvalue weighted by molar-refractivity contribution is -0.118. The number of thiocarbonyl (C=S) groups is 1. The Morgan fingerprint density at radius 1 is 1.05 bits per heavy atom. The third-order valence-corrected chi connectivity index (χ3v) is 8.24. The summed E-state index contributed by atoms with van der Waals surface area (Å²) in [4.78, 5) is 19.2. The van der Waals surface area contributed by atoms with Crippen LogP contribution in [-0.2, 0) is 4.79 Å². The van der Waals surface area contributed by atoms with Crippen LogP contribution in [-0.4, -0.2) is 20.6 Å². The van der Waals surface area contributed by atoms with Crippen molar-refractivity contribution in [2.45, 2.75) is 46.7 Å². The second-order valence-electron chi connectivity index (χ2n) is 10.3. The number of carbonyl (C=O) groups is 1. The van der Waals surface area contributed by atoms with E-state index < -0.39 is 0 Å². The Morgan fingerprint density at radius 2 is 1.79 bits per heavy atom. The van der Waals surface area contributed by atoms with E-state index in [1.807, 2.05) is 63.4 Å². The van der Waals surface area contributed by atoms with Crippen LogP contribution in [0.2, 0.25) is 0 Å². The van der Waals surface area contributed by atoms with Crippen molar-refractivity contribution in [2.24, 2.45) is 5.92 Å². The molecule has 1 aliphatic heterocycles. The van der Waals surface area contributed by atoms with E-state index in [0.29, 0.717) is 5.11 Å². The number of anilines is 2. The molecule has 0 bridgehead atoms. The van der Waals surface area contributed by atoms with Gasteiger partial charge in [0.05, 0.1) is 23.5 Å². The van der Waals surface area contributed by atoms with Gasteiger partial charge in [0.25, 0.3) is 0 Å². The van der Waals surface area contributed by atoms with Gasteiger partial charge in [-0.05, 0) is 109 Å². The van der Waals surface area contributed by atoms with Gasteiger partial charge in [0.15, 0.2) is 5.11 Å². The first-order valence-electron chi connectivity index (χ1n) is 13.0. The van der Waals surface area contributed by atoms with E-state index in [0.717, 1.165) is 44.2 Å². The lowest BCUT2D eigenvalue weighted by Crippen LogP contribution is -2.29. The summed E-state index contributed by atoms with van der Waals surface area (Å²) in [5.41, 5.74) is 8.20. The topological polar surface area (TPSA) is 62.2 Å². The van der Waals surface area contributed by atoms with Crippen LogP contribution in [0.3, 0.4) is 0 Å². The molecule has 1 amide bonds. The first-order chi connectivity index (χ1) is 18.7. The standard InChI is InChI=1S/C31H32BrN5OS/c1-18(2)30(38)34-25-14-13-22(16-19(25)3)37-29(28(35-31(37)39)26-11-8-9-15-33-26)23-17-20(4)36(21(23)5)27-12-7-6-10-24(27)32/h6-18,28-29H,1-5H3,(H,34,38)(H,35,39)/t28-,29-/m1/s1. The lowest BCUT2D eigenvalue weighted by atomic mass is 9.96. The number of pyridine rings is 1. The zero-order valence-electron chi connectivity index (χ0n) is 22.7. The van der Waals surface area contributed by atoms with Crippen molar-refractivity contribution in [2.75, 3.05) is 10.2 Å². The number of aryl methyl sites for hydroxylation is 2. The highest BCUT2D eigenvalue weighted by Gasteiger charge is 2.42. The van der Waals surface area contributed by atoms with Crippen molar-refractivity contribution in [1.82, 2.24) is 14.9 Å². The molecule has 0 spiro atoms. The van der Waals surface area contributed by atoms with Crippen LogP contribution in [0, 0.1) is 26.7 Å². The Kier molecular flexibility index (Phi) is 7.60. The predicted octanol–water partition coefficient (Wildman–Crippen LogP) is 7.33. The van der Waals surface area contributed by atoms with Gasteiger partial charge in [0.1, 0.15) is 0 Å². The van der Waals surface area contributed by atoms with E-state index >= 15 is 0 Å². The molecule has 0 unspecified atom stereocenters. The number of hydrogen-bond acceptors (Lipinski definition) is 3. The summed E-state index contributed by atoms with van der Waals surface area (Å²) >= 11 is 9.69. The smallest absolute Gasteiger partial charge is 0.226 e. The van der Waals surface area contributed by atoms with E-state index in [1.54, 1.807) is 0 Å². The minimum absolute atomic E-state index is 0.00295. The van der Waals surface area contributed by atoms with E-state index in [-0.39, 0.29) is 23.9 Å². The number of rotatable bonds is 6. The highest BCUT2D eigenvalue weighted by atomic mass is 79.9. The lowest BCUT2D eigenvalue weighted by Gasteiger charge is -2.29. The van der Waals surface area contributed by atoms with Gasteiger partial charge >= 0.3 is 0 Å². The second-order valence-corrected chi connectivity index (χ2v) is 11.5. The molecule has 5 rings (SSSR count). The van der Waals surface area contributed by atoms with Crippen LogP contribution in [0.1, 0.15) is 54.1 Å². The fraction of sp³-hybridized carbons (Fsp3) is 0.258. The molecule has 1 fully saturated rings.